The summed E-state index contributed by atoms with van der Waals surface area (Å²) in [6.07, 6.45) is 3.01. The molecule has 0 unspecified atom stereocenters. The second-order valence-corrected chi connectivity index (χ2v) is 5.22. The van der Waals surface area contributed by atoms with Gasteiger partial charge in [-0.1, -0.05) is 11.6 Å². The lowest BCUT2D eigenvalue weighted by molar-refractivity contribution is 0.622. The summed E-state index contributed by atoms with van der Waals surface area (Å²) in [5, 5.41) is 1.56. The quantitative estimate of drug-likeness (QED) is 0.708. The molecule has 0 amide bonds. The number of aryl methyl sites for hydroxylation is 1. The van der Waals surface area contributed by atoms with Gasteiger partial charge in [0.2, 0.25) is 0 Å². The molecule has 3 rings (SSSR count). The Balaban J connectivity index is 2.41. The van der Waals surface area contributed by atoms with Gasteiger partial charge < -0.3 is 0 Å². The Kier molecular flexibility index (Phi) is 2.41. The maximum Gasteiger partial charge on any atom is 0.139 e. The summed E-state index contributed by atoms with van der Waals surface area (Å²) in [5.74, 6) is -0.297. The zero-order valence-corrected chi connectivity index (χ0v) is 10.7. The Labute approximate surface area is 106 Å². The highest BCUT2D eigenvalue weighted by molar-refractivity contribution is 9.10. The molecule has 1 heterocycles. The molecule has 0 N–H and O–H groups in total. The van der Waals surface area contributed by atoms with Crippen LogP contribution in [-0.2, 0) is 12.8 Å². The van der Waals surface area contributed by atoms with E-state index >= 15 is 0 Å². The molecule has 0 saturated heterocycles. The van der Waals surface area contributed by atoms with Gasteiger partial charge in [-0.3, -0.25) is 4.98 Å². The van der Waals surface area contributed by atoms with E-state index in [0.29, 0.717) is 9.99 Å². The fraction of sp³-hybridized carbons (Fsp3) is 0.250. The van der Waals surface area contributed by atoms with E-state index in [-0.39, 0.29) is 5.82 Å². The molecule has 16 heavy (non-hydrogen) atoms. The van der Waals surface area contributed by atoms with Crippen LogP contribution in [0.4, 0.5) is 4.39 Å². The molecule has 0 spiro atoms. The Morgan fingerprint density at radius 1 is 1.31 bits per heavy atom. The zero-order valence-electron chi connectivity index (χ0n) is 8.36. The van der Waals surface area contributed by atoms with Crippen LogP contribution in [0.2, 0.25) is 5.02 Å². The predicted molar refractivity (Wildman–Crippen MR) is 66.4 cm³/mol. The molecule has 0 fully saturated rings. The van der Waals surface area contributed by atoms with Crippen LogP contribution in [0.15, 0.2) is 16.6 Å². The van der Waals surface area contributed by atoms with Crippen LogP contribution in [0.1, 0.15) is 17.7 Å². The van der Waals surface area contributed by atoms with E-state index in [1.165, 1.54) is 6.07 Å². The van der Waals surface area contributed by atoms with Crippen LogP contribution in [0.3, 0.4) is 0 Å². The number of rotatable bonds is 0. The third-order valence-corrected chi connectivity index (χ3v) is 4.02. The first-order valence-corrected chi connectivity index (χ1v) is 6.30. The molecule has 0 aliphatic heterocycles. The van der Waals surface area contributed by atoms with E-state index in [1.807, 2.05) is 0 Å². The van der Waals surface area contributed by atoms with Crippen LogP contribution in [0, 0.1) is 5.82 Å². The van der Waals surface area contributed by atoms with Gasteiger partial charge in [0.1, 0.15) is 5.82 Å². The number of aromatic nitrogens is 1. The minimum atomic E-state index is -0.297. The summed E-state index contributed by atoms with van der Waals surface area (Å²) in [6.45, 7) is 0. The minimum Gasteiger partial charge on any atom is -0.252 e. The monoisotopic (exact) mass is 299 g/mol. The number of nitrogens with zero attached hydrogens (tertiary/aromatic N) is 1. The van der Waals surface area contributed by atoms with E-state index in [2.05, 4.69) is 20.9 Å². The summed E-state index contributed by atoms with van der Waals surface area (Å²) in [7, 11) is 0. The molecule has 0 atom stereocenters. The van der Waals surface area contributed by atoms with E-state index in [1.54, 1.807) is 6.07 Å². The first-order valence-electron chi connectivity index (χ1n) is 5.13. The Hall–Kier alpha value is -0.670. The Morgan fingerprint density at radius 3 is 2.94 bits per heavy atom. The fourth-order valence-electron chi connectivity index (χ4n) is 2.20. The Morgan fingerprint density at radius 2 is 2.12 bits per heavy atom. The first kappa shape index (κ1) is 10.5. The number of hydrogen-bond donors (Lipinski definition) is 0. The fourth-order valence-corrected chi connectivity index (χ4v) is 2.90. The smallest absolute Gasteiger partial charge is 0.139 e. The van der Waals surface area contributed by atoms with Crippen molar-refractivity contribution in [1.82, 2.24) is 4.98 Å². The van der Waals surface area contributed by atoms with Gasteiger partial charge in [0.15, 0.2) is 0 Å². The van der Waals surface area contributed by atoms with E-state index < -0.39 is 0 Å². The largest absolute Gasteiger partial charge is 0.252 e. The van der Waals surface area contributed by atoms with Crippen molar-refractivity contribution in [2.45, 2.75) is 19.3 Å². The number of hydrogen-bond acceptors (Lipinski definition) is 1. The highest BCUT2D eigenvalue weighted by Crippen LogP contribution is 2.35. The number of benzene rings is 1. The van der Waals surface area contributed by atoms with E-state index in [4.69, 9.17) is 11.6 Å². The lowest BCUT2D eigenvalue weighted by Gasteiger charge is -2.07. The lowest BCUT2D eigenvalue weighted by Crippen LogP contribution is -1.93. The first-order chi connectivity index (χ1) is 7.66. The maximum atomic E-state index is 13.4. The third kappa shape index (κ3) is 1.45. The van der Waals surface area contributed by atoms with Crippen molar-refractivity contribution in [3.63, 3.8) is 0 Å². The molecule has 4 heteroatoms. The van der Waals surface area contributed by atoms with E-state index in [9.17, 15) is 4.39 Å². The topological polar surface area (TPSA) is 12.9 Å². The molecule has 2 aromatic rings. The summed E-state index contributed by atoms with van der Waals surface area (Å²) in [5.41, 5.74) is 2.80. The number of halogens is 3. The normalized spacial score (nSPS) is 14.4. The minimum absolute atomic E-state index is 0.297. The molecule has 0 bridgehead atoms. The summed E-state index contributed by atoms with van der Waals surface area (Å²) < 4.78 is 13.8. The second kappa shape index (κ2) is 3.67. The van der Waals surface area contributed by atoms with Crippen molar-refractivity contribution in [3.8, 4) is 0 Å². The molecule has 1 aromatic heterocycles. The van der Waals surface area contributed by atoms with Crippen molar-refractivity contribution in [2.75, 3.05) is 0 Å². The number of pyridine rings is 1. The molecule has 1 aliphatic carbocycles. The number of fused-ring (bicyclic) bond motifs is 2. The average molecular weight is 301 g/mol. The van der Waals surface area contributed by atoms with Crippen molar-refractivity contribution < 1.29 is 4.39 Å². The summed E-state index contributed by atoms with van der Waals surface area (Å²) in [6, 6.07) is 3.14. The zero-order chi connectivity index (χ0) is 11.3. The highest BCUT2D eigenvalue weighted by atomic mass is 79.9. The van der Waals surface area contributed by atoms with Crippen LogP contribution < -0.4 is 0 Å². The van der Waals surface area contributed by atoms with Gasteiger partial charge in [-0.25, -0.2) is 4.39 Å². The molecular formula is C12H8BrClFN. The molecule has 0 saturated carbocycles. The molecular weight excluding hydrogens is 292 g/mol. The molecule has 82 valence electrons. The summed E-state index contributed by atoms with van der Waals surface area (Å²) in [4.78, 5) is 4.47. The second-order valence-electron chi connectivity index (χ2n) is 3.99. The van der Waals surface area contributed by atoms with Crippen LogP contribution in [0.5, 0.6) is 0 Å². The van der Waals surface area contributed by atoms with Gasteiger partial charge in [0, 0.05) is 17.1 Å². The molecule has 0 radical (unpaired) electrons. The molecule has 1 aliphatic rings. The van der Waals surface area contributed by atoms with Gasteiger partial charge in [0.25, 0.3) is 0 Å². The summed E-state index contributed by atoms with van der Waals surface area (Å²) >= 11 is 9.50. The van der Waals surface area contributed by atoms with Crippen molar-refractivity contribution in [1.29, 1.82) is 0 Å². The maximum absolute atomic E-state index is 13.4. The standard InChI is InChI=1S/C12H8BrClFN/c13-8-4-7-11(5-9(8)15)16-10-3-1-2-6(10)12(7)14/h4-5H,1-3H2. The van der Waals surface area contributed by atoms with Gasteiger partial charge >= 0.3 is 0 Å². The lowest BCUT2D eigenvalue weighted by atomic mass is 10.1. The molecule has 1 aromatic carbocycles. The van der Waals surface area contributed by atoms with E-state index in [0.717, 1.165) is 40.9 Å². The van der Waals surface area contributed by atoms with Crippen LogP contribution in [-0.4, -0.2) is 4.98 Å². The predicted octanol–water partition coefficient (Wildman–Crippen LogP) is 4.28. The highest BCUT2D eigenvalue weighted by Gasteiger charge is 2.19. The van der Waals surface area contributed by atoms with Gasteiger partial charge in [-0.05, 0) is 46.8 Å². The van der Waals surface area contributed by atoms with Gasteiger partial charge in [-0.15, -0.1) is 0 Å². The SMILES string of the molecule is Fc1cc2nc3c(c(Cl)c2cc1Br)CCC3. The van der Waals surface area contributed by atoms with Crippen molar-refractivity contribution in [3.05, 3.63) is 38.7 Å². The van der Waals surface area contributed by atoms with Crippen LogP contribution >= 0.6 is 27.5 Å². The average Bonchev–Trinajstić information content (AvgIpc) is 2.70. The third-order valence-electron chi connectivity index (χ3n) is 2.98. The van der Waals surface area contributed by atoms with Gasteiger partial charge in [-0.2, -0.15) is 0 Å². The van der Waals surface area contributed by atoms with Crippen LogP contribution in [0.25, 0.3) is 10.9 Å². The van der Waals surface area contributed by atoms with Gasteiger partial charge in [0.05, 0.1) is 15.0 Å². The van der Waals surface area contributed by atoms with Crippen molar-refractivity contribution in [2.24, 2.45) is 0 Å². The molecule has 1 nitrogen and oxygen atoms in total. The van der Waals surface area contributed by atoms with Crippen molar-refractivity contribution >= 4 is 38.4 Å². The Bertz CT molecular complexity index is 597.